The van der Waals surface area contributed by atoms with Crippen LogP contribution >= 0.6 is 0 Å². The first kappa shape index (κ1) is 18.0. The Morgan fingerprint density at radius 1 is 1.21 bits per heavy atom. The summed E-state index contributed by atoms with van der Waals surface area (Å²) in [5.41, 5.74) is 4.42. The molecule has 0 radical (unpaired) electrons. The van der Waals surface area contributed by atoms with Gasteiger partial charge in [0.25, 0.3) is 0 Å². The zero-order chi connectivity index (χ0) is 17.9. The second-order valence-electron chi connectivity index (χ2n) is 6.05. The molecule has 2 atom stereocenters. The van der Waals surface area contributed by atoms with E-state index in [4.69, 9.17) is 9.47 Å². The predicted molar refractivity (Wildman–Crippen MR) is 90.5 cm³/mol. The van der Waals surface area contributed by atoms with Gasteiger partial charge in [0.15, 0.2) is 0 Å². The zero-order valence-corrected chi connectivity index (χ0v) is 14.6. The van der Waals surface area contributed by atoms with Crippen molar-refractivity contribution in [1.29, 1.82) is 0 Å². The van der Waals surface area contributed by atoms with Crippen molar-refractivity contribution in [3.05, 3.63) is 46.7 Å². The van der Waals surface area contributed by atoms with Crippen molar-refractivity contribution in [3.63, 3.8) is 0 Å². The van der Waals surface area contributed by atoms with Gasteiger partial charge in [0.05, 0.1) is 12.6 Å². The van der Waals surface area contributed by atoms with Crippen LogP contribution in [0.2, 0.25) is 0 Å². The number of hydrogen-bond donors (Lipinski definition) is 2. The quantitative estimate of drug-likeness (QED) is 0.641. The van der Waals surface area contributed by atoms with Gasteiger partial charge in [-0.2, -0.15) is 0 Å². The lowest BCUT2D eigenvalue weighted by atomic mass is 9.84. The fraction of sp³-hybridized carbons (Fsp3) is 0.444. The molecule has 0 saturated carbocycles. The molecule has 1 fully saturated rings. The fourth-order valence-corrected chi connectivity index (χ4v) is 3.20. The van der Waals surface area contributed by atoms with Gasteiger partial charge in [0.2, 0.25) is 0 Å². The van der Waals surface area contributed by atoms with E-state index >= 15 is 0 Å². The van der Waals surface area contributed by atoms with Gasteiger partial charge in [0.1, 0.15) is 12.5 Å². The Labute approximate surface area is 142 Å². The van der Waals surface area contributed by atoms with Crippen LogP contribution in [0.1, 0.15) is 28.3 Å². The van der Waals surface area contributed by atoms with E-state index in [2.05, 4.69) is 17.2 Å². The molecule has 0 aliphatic carbocycles. The van der Waals surface area contributed by atoms with Crippen LogP contribution in [-0.2, 0) is 14.3 Å². The van der Waals surface area contributed by atoms with Crippen molar-refractivity contribution in [3.8, 4) is 0 Å². The minimum atomic E-state index is -0.695. The number of rotatable bonds is 5. The van der Waals surface area contributed by atoms with Gasteiger partial charge in [-0.3, -0.25) is 4.79 Å². The number of ether oxygens (including phenoxy) is 2. The van der Waals surface area contributed by atoms with E-state index in [9.17, 15) is 9.59 Å². The highest BCUT2D eigenvalue weighted by Gasteiger charge is 2.40. The molecule has 24 heavy (non-hydrogen) atoms. The lowest BCUT2D eigenvalue weighted by Crippen LogP contribution is -2.51. The molecule has 2 amide bonds. The van der Waals surface area contributed by atoms with Crippen molar-refractivity contribution in [1.82, 2.24) is 10.6 Å². The molecule has 0 bridgehead atoms. The molecule has 1 aliphatic rings. The third-order valence-corrected chi connectivity index (χ3v) is 4.10. The molecule has 0 aromatic heterocycles. The summed E-state index contributed by atoms with van der Waals surface area (Å²) in [4.78, 5) is 24.5. The largest absolute Gasteiger partial charge is 0.463 e. The smallest absolute Gasteiger partial charge is 0.319 e. The van der Waals surface area contributed by atoms with Gasteiger partial charge in [0, 0.05) is 12.8 Å². The van der Waals surface area contributed by atoms with E-state index in [0.717, 1.165) is 22.3 Å². The average molecular weight is 332 g/mol. The number of methoxy groups -OCH3 is 1. The molecule has 0 spiro atoms. The summed E-state index contributed by atoms with van der Waals surface area (Å²) in [6, 6.07) is 3.19. The first-order valence-corrected chi connectivity index (χ1v) is 7.84. The monoisotopic (exact) mass is 332 g/mol. The molecule has 1 aliphatic heterocycles. The summed E-state index contributed by atoms with van der Waals surface area (Å²) < 4.78 is 10.2. The lowest BCUT2D eigenvalue weighted by molar-refractivity contribution is -0.149. The minimum absolute atomic E-state index is 0.158. The molecule has 1 aromatic carbocycles. The van der Waals surface area contributed by atoms with Gasteiger partial charge in [-0.15, -0.1) is 0 Å². The number of esters is 1. The van der Waals surface area contributed by atoms with E-state index in [1.807, 2.05) is 32.9 Å². The number of carbonyl (C=O) groups excluding carboxylic acids is 2. The third kappa shape index (κ3) is 3.76. The number of benzene rings is 1. The summed E-state index contributed by atoms with van der Waals surface area (Å²) in [7, 11) is 1.54. The molecule has 1 saturated heterocycles. The maximum absolute atomic E-state index is 12.5. The average Bonchev–Trinajstić information content (AvgIpc) is 2.45. The molecule has 6 nitrogen and oxygen atoms in total. The first-order valence-electron chi connectivity index (χ1n) is 7.84. The van der Waals surface area contributed by atoms with Crippen LogP contribution < -0.4 is 10.6 Å². The number of hydrogen-bond acceptors (Lipinski definition) is 4. The number of amides is 2. The highest BCUT2D eigenvalue weighted by atomic mass is 16.6. The van der Waals surface area contributed by atoms with E-state index in [0.29, 0.717) is 12.3 Å². The molecular formula is C18H24N2O4. The van der Waals surface area contributed by atoms with E-state index < -0.39 is 17.9 Å². The van der Waals surface area contributed by atoms with Crippen molar-refractivity contribution in [2.45, 2.75) is 26.8 Å². The van der Waals surface area contributed by atoms with Crippen molar-refractivity contribution in [2.24, 2.45) is 5.92 Å². The molecule has 1 heterocycles. The number of nitrogens with one attached hydrogen (secondary N) is 2. The lowest BCUT2D eigenvalue weighted by Gasteiger charge is -2.35. The Morgan fingerprint density at radius 3 is 2.42 bits per heavy atom. The highest BCUT2D eigenvalue weighted by molar-refractivity contribution is 5.85. The second-order valence-corrected chi connectivity index (χ2v) is 6.05. The second kappa shape index (κ2) is 7.49. The van der Waals surface area contributed by atoms with Gasteiger partial charge >= 0.3 is 12.0 Å². The molecule has 1 aromatic rings. The van der Waals surface area contributed by atoms with Gasteiger partial charge in [-0.25, -0.2) is 4.79 Å². The summed E-state index contributed by atoms with van der Waals surface area (Å²) in [6.07, 6.45) is 0. The van der Waals surface area contributed by atoms with Gasteiger partial charge in [-0.1, -0.05) is 24.3 Å². The topological polar surface area (TPSA) is 76.7 Å². The van der Waals surface area contributed by atoms with Crippen molar-refractivity contribution >= 4 is 12.0 Å². The highest BCUT2D eigenvalue weighted by Crippen LogP contribution is 2.34. The number of carbonyl (C=O) groups is 2. The standard InChI is InChI=1S/C18H24N2O4/c1-10-8-11(2)14(12(3)9-10)16-15(13(4)19-18(22)20-16)17(21)24-7-6-23-5/h8-9,15-16H,4,6-7H2,1-3,5H3,(H2,19,20,22)/t15-,16+/m0/s1. The molecular weight excluding hydrogens is 308 g/mol. The molecule has 0 unspecified atom stereocenters. The van der Waals surface area contributed by atoms with E-state index in [1.54, 1.807) is 0 Å². The molecule has 2 rings (SSSR count). The Hall–Kier alpha value is -2.34. The SMILES string of the molecule is C=C1NC(=O)N[C@H](c2c(C)cc(C)cc2C)[C@H]1C(=O)OCCOC. The van der Waals surface area contributed by atoms with Crippen molar-refractivity contribution < 1.29 is 19.1 Å². The Balaban J connectivity index is 2.37. The Morgan fingerprint density at radius 2 is 1.83 bits per heavy atom. The third-order valence-electron chi connectivity index (χ3n) is 4.10. The van der Waals surface area contributed by atoms with Crippen LogP contribution in [0, 0.1) is 26.7 Å². The van der Waals surface area contributed by atoms with E-state index in [-0.39, 0.29) is 12.6 Å². The number of urea groups is 1. The molecule has 130 valence electrons. The van der Waals surface area contributed by atoms with Crippen LogP contribution in [0.3, 0.4) is 0 Å². The molecule has 2 N–H and O–H groups in total. The van der Waals surface area contributed by atoms with Crippen LogP contribution in [0.4, 0.5) is 4.79 Å². The predicted octanol–water partition coefficient (Wildman–Crippen LogP) is 2.29. The maximum atomic E-state index is 12.5. The van der Waals surface area contributed by atoms with Gasteiger partial charge in [-0.05, 0) is 37.5 Å². The summed E-state index contributed by atoms with van der Waals surface area (Å²) in [6.45, 7) is 10.3. The summed E-state index contributed by atoms with van der Waals surface area (Å²) in [5.74, 6) is -1.13. The van der Waals surface area contributed by atoms with E-state index in [1.165, 1.54) is 7.11 Å². The fourth-order valence-electron chi connectivity index (χ4n) is 3.20. The zero-order valence-electron chi connectivity index (χ0n) is 14.6. The van der Waals surface area contributed by atoms with Crippen molar-refractivity contribution in [2.75, 3.05) is 20.3 Å². The minimum Gasteiger partial charge on any atom is -0.463 e. The maximum Gasteiger partial charge on any atom is 0.319 e. The molecule has 6 heteroatoms. The normalized spacial score (nSPS) is 20.3. The summed E-state index contributed by atoms with van der Waals surface area (Å²) >= 11 is 0. The first-order chi connectivity index (χ1) is 11.3. The van der Waals surface area contributed by atoms with Crippen LogP contribution in [0.5, 0.6) is 0 Å². The van der Waals surface area contributed by atoms with Crippen LogP contribution in [0.25, 0.3) is 0 Å². The van der Waals surface area contributed by atoms with Gasteiger partial charge < -0.3 is 20.1 Å². The Kier molecular flexibility index (Phi) is 5.62. The number of aryl methyl sites for hydroxylation is 3. The summed E-state index contributed by atoms with van der Waals surface area (Å²) in [5, 5.41) is 5.42. The Bertz CT molecular complexity index is 646. The van der Waals surface area contributed by atoms with Crippen LogP contribution in [-0.4, -0.2) is 32.3 Å². The van der Waals surface area contributed by atoms with Crippen LogP contribution in [0.15, 0.2) is 24.4 Å².